The zero-order valence-electron chi connectivity index (χ0n) is 11.8. The molecule has 1 N–H and O–H groups in total. The van der Waals surface area contributed by atoms with E-state index in [4.69, 9.17) is 0 Å². The van der Waals surface area contributed by atoms with E-state index in [1.165, 1.54) is 32.1 Å². The zero-order valence-corrected chi connectivity index (χ0v) is 11.8. The molecule has 1 saturated heterocycles. The van der Waals surface area contributed by atoms with E-state index in [9.17, 15) is 0 Å². The Labute approximate surface area is 115 Å². The van der Waals surface area contributed by atoms with Crippen LogP contribution in [0, 0.1) is 5.92 Å². The maximum atomic E-state index is 4.39. The fourth-order valence-corrected chi connectivity index (χ4v) is 2.72. The molecule has 19 heavy (non-hydrogen) atoms. The average molecular weight is 260 g/mol. The van der Waals surface area contributed by atoms with Crippen molar-refractivity contribution in [2.45, 2.75) is 51.6 Å². The minimum atomic E-state index is 0.731. The molecule has 0 spiro atoms. The molecule has 1 aromatic rings. The number of nitrogens with one attached hydrogen (secondary N) is 1. The van der Waals surface area contributed by atoms with E-state index in [2.05, 4.69) is 39.5 Å². The Hall–Kier alpha value is -1.16. The third kappa shape index (κ3) is 3.44. The molecule has 2 heterocycles. The number of piperidine rings is 1. The number of aromatic nitrogens is 2. The summed E-state index contributed by atoms with van der Waals surface area (Å²) in [5, 5.41) is 12.2. The van der Waals surface area contributed by atoms with Crippen LogP contribution in [0.4, 0.5) is 5.82 Å². The second-order valence-electron chi connectivity index (χ2n) is 5.88. The highest BCUT2D eigenvalue weighted by atomic mass is 15.3. The molecule has 4 nitrogen and oxygen atoms in total. The SMILES string of the molecule is CCC1CCN(c2ccc(CNC3CC3)nn2)CC1. The molecule has 0 radical (unpaired) electrons. The Bertz CT molecular complexity index is 391. The molecule has 1 aliphatic carbocycles. The van der Waals surface area contributed by atoms with E-state index in [-0.39, 0.29) is 0 Å². The van der Waals surface area contributed by atoms with Gasteiger partial charge in [0.05, 0.1) is 5.69 Å². The van der Waals surface area contributed by atoms with Gasteiger partial charge in [0.2, 0.25) is 0 Å². The molecule has 0 bridgehead atoms. The van der Waals surface area contributed by atoms with Crippen LogP contribution in [0.25, 0.3) is 0 Å². The van der Waals surface area contributed by atoms with E-state index in [0.29, 0.717) is 0 Å². The first-order valence-corrected chi connectivity index (χ1v) is 7.66. The lowest BCUT2D eigenvalue weighted by Gasteiger charge is -2.32. The zero-order chi connectivity index (χ0) is 13.1. The summed E-state index contributed by atoms with van der Waals surface area (Å²) in [6, 6.07) is 4.97. The third-order valence-electron chi connectivity index (χ3n) is 4.37. The molecular formula is C15H24N4. The van der Waals surface area contributed by atoms with E-state index in [1.54, 1.807) is 0 Å². The van der Waals surface area contributed by atoms with Crippen molar-refractivity contribution >= 4 is 5.82 Å². The van der Waals surface area contributed by atoms with Crippen molar-refractivity contribution in [2.24, 2.45) is 5.92 Å². The minimum absolute atomic E-state index is 0.731. The maximum Gasteiger partial charge on any atom is 0.151 e. The van der Waals surface area contributed by atoms with E-state index >= 15 is 0 Å². The highest BCUT2D eigenvalue weighted by molar-refractivity contribution is 5.37. The lowest BCUT2D eigenvalue weighted by atomic mass is 9.94. The van der Waals surface area contributed by atoms with E-state index in [1.807, 2.05) is 0 Å². The second kappa shape index (κ2) is 5.87. The number of anilines is 1. The van der Waals surface area contributed by atoms with Crippen molar-refractivity contribution in [3.8, 4) is 0 Å². The van der Waals surface area contributed by atoms with Gasteiger partial charge in [-0.25, -0.2) is 0 Å². The lowest BCUT2D eigenvalue weighted by Crippen LogP contribution is -2.34. The summed E-state index contributed by atoms with van der Waals surface area (Å²) in [6.45, 7) is 5.41. The molecule has 1 aromatic heterocycles. The molecule has 104 valence electrons. The number of nitrogens with zero attached hydrogens (tertiary/aromatic N) is 3. The summed E-state index contributed by atoms with van der Waals surface area (Å²) < 4.78 is 0. The Kier molecular flexibility index (Phi) is 3.97. The fourth-order valence-electron chi connectivity index (χ4n) is 2.72. The quantitative estimate of drug-likeness (QED) is 0.882. The van der Waals surface area contributed by atoms with Crippen LogP contribution in [0.1, 0.15) is 44.7 Å². The van der Waals surface area contributed by atoms with Crippen molar-refractivity contribution in [1.29, 1.82) is 0 Å². The summed E-state index contributed by atoms with van der Waals surface area (Å²) in [7, 11) is 0. The van der Waals surface area contributed by atoms with E-state index in [0.717, 1.165) is 43.1 Å². The van der Waals surface area contributed by atoms with Crippen LogP contribution in [0.15, 0.2) is 12.1 Å². The van der Waals surface area contributed by atoms with Crippen LogP contribution in [-0.2, 0) is 6.54 Å². The van der Waals surface area contributed by atoms with Crippen LogP contribution in [-0.4, -0.2) is 29.3 Å². The van der Waals surface area contributed by atoms with Crippen molar-refractivity contribution in [3.63, 3.8) is 0 Å². The maximum absolute atomic E-state index is 4.39. The Morgan fingerprint density at radius 1 is 1.16 bits per heavy atom. The van der Waals surface area contributed by atoms with Gasteiger partial charge in [-0.15, -0.1) is 5.10 Å². The second-order valence-corrected chi connectivity index (χ2v) is 5.88. The van der Waals surface area contributed by atoms with Gasteiger partial charge in [0, 0.05) is 25.7 Å². The highest BCUT2D eigenvalue weighted by Crippen LogP contribution is 2.23. The Morgan fingerprint density at radius 2 is 1.95 bits per heavy atom. The lowest BCUT2D eigenvalue weighted by molar-refractivity contribution is 0.393. The number of hydrogen-bond donors (Lipinski definition) is 1. The molecule has 0 aromatic carbocycles. The molecule has 0 amide bonds. The predicted octanol–water partition coefficient (Wildman–Crippen LogP) is 2.36. The monoisotopic (exact) mass is 260 g/mol. The van der Waals surface area contributed by atoms with Crippen LogP contribution >= 0.6 is 0 Å². The van der Waals surface area contributed by atoms with Gasteiger partial charge in [-0.3, -0.25) is 0 Å². The summed E-state index contributed by atoms with van der Waals surface area (Å²) in [5.41, 5.74) is 1.05. The predicted molar refractivity (Wildman–Crippen MR) is 77.1 cm³/mol. The van der Waals surface area contributed by atoms with Gasteiger partial charge in [-0.2, -0.15) is 5.10 Å². The van der Waals surface area contributed by atoms with Crippen LogP contribution in [0.5, 0.6) is 0 Å². The first kappa shape index (κ1) is 12.9. The molecule has 2 fully saturated rings. The Morgan fingerprint density at radius 3 is 2.53 bits per heavy atom. The van der Waals surface area contributed by atoms with Gasteiger partial charge in [0.25, 0.3) is 0 Å². The van der Waals surface area contributed by atoms with Gasteiger partial charge < -0.3 is 10.2 Å². The largest absolute Gasteiger partial charge is 0.355 e. The first-order chi connectivity index (χ1) is 9.35. The number of hydrogen-bond acceptors (Lipinski definition) is 4. The molecule has 1 aliphatic heterocycles. The summed E-state index contributed by atoms with van der Waals surface area (Å²) in [4.78, 5) is 2.37. The summed E-state index contributed by atoms with van der Waals surface area (Å²) >= 11 is 0. The first-order valence-electron chi connectivity index (χ1n) is 7.66. The van der Waals surface area contributed by atoms with Crippen molar-refractivity contribution in [3.05, 3.63) is 17.8 Å². The van der Waals surface area contributed by atoms with Gasteiger partial charge in [-0.1, -0.05) is 13.3 Å². The van der Waals surface area contributed by atoms with Crippen molar-refractivity contribution < 1.29 is 0 Å². The van der Waals surface area contributed by atoms with Gasteiger partial charge in [-0.05, 0) is 43.7 Å². The summed E-state index contributed by atoms with van der Waals surface area (Å²) in [5.74, 6) is 1.95. The van der Waals surface area contributed by atoms with Crippen LogP contribution in [0.2, 0.25) is 0 Å². The topological polar surface area (TPSA) is 41.0 Å². The van der Waals surface area contributed by atoms with Crippen molar-refractivity contribution in [2.75, 3.05) is 18.0 Å². The molecule has 0 unspecified atom stereocenters. The molecule has 1 saturated carbocycles. The van der Waals surface area contributed by atoms with E-state index < -0.39 is 0 Å². The normalized spacial score (nSPS) is 20.8. The Balaban J connectivity index is 1.53. The minimum Gasteiger partial charge on any atom is -0.355 e. The summed E-state index contributed by atoms with van der Waals surface area (Å²) in [6.07, 6.45) is 6.54. The molecule has 0 atom stereocenters. The van der Waals surface area contributed by atoms with Crippen molar-refractivity contribution in [1.82, 2.24) is 15.5 Å². The van der Waals surface area contributed by atoms with Gasteiger partial charge in [0.1, 0.15) is 0 Å². The molecule has 2 aliphatic rings. The molecular weight excluding hydrogens is 236 g/mol. The molecule has 3 rings (SSSR count). The third-order valence-corrected chi connectivity index (χ3v) is 4.37. The van der Waals surface area contributed by atoms with Gasteiger partial charge >= 0.3 is 0 Å². The molecule has 4 heteroatoms. The van der Waals surface area contributed by atoms with Crippen LogP contribution in [0.3, 0.4) is 0 Å². The van der Waals surface area contributed by atoms with Crippen LogP contribution < -0.4 is 10.2 Å². The highest BCUT2D eigenvalue weighted by Gasteiger charge is 2.21. The average Bonchev–Trinajstić information content (AvgIpc) is 3.30. The standard InChI is InChI=1S/C15H24N4/c1-2-12-7-9-19(10-8-12)15-6-5-14(17-18-15)11-16-13-3-4-13/h5-6,12-13,16H,2-4,7-11H2,1H3. The van der Waals surface area contributed by atoms with Gasteiger partial charge in [0.15, 0.2) is 5.82 Å². The smallest absolute Gasteiger partial charge is 0.151 e. The number of rotatable bonds is 5. The fraction of sp³-hybridized carbons (Fsp3) is 0.733.